The molecule has 0 radical (unpaired) electrons. The maximum Gasteiger partial charge on any atom is 0.181 e. The molecule has 2 aliphatic heterocycles. The Morgan fingerprint density at radius 3 is 2.70 bits per heavy atom. The van der Waals surface area contributed by atoms with Gasteiger partial charge in [0.05, 0.1) is 19.8 Å². The van der Waals surface area contributed by atoms with Crippen molar-refractivity contribution in [3.63, 3.8) is 0 Å². The summed E-state index contributed by atoms with van der Waals surface area (Å²) < 4.78 is 11.7. The highest BCUT2D eigenvalue weighted by Crippen LogP contribution is 2.31. The molecule has 3 heterocycles. The van der Waals surface area contributed by atoms with Crippen molar-refractivity contribution in [2.24, 2.45) is 0 Å². The summed E-state index contributed by atoms with van der Waals surface area (Å²) in [5, 5.41) is 0. The van der Waals surface area contributed by atoms with Crippen molar-refractivity contribution >= 4 is 0 Å². The van der Waals surface area contributed by atoms with Gasteiger partial charge < -0.3 is 9.47 Å². The van der Waals surface area contributed by atoms with E-state index in [1.54, 1.807) is 0 Å². The van der Waals surface area contributed by atoms with E-state index in [9.17, 15) is 0 Å². The largest absolute Gasteiger partial charge is 0.346 e. The van der Waals surface area contributed by atoms with Gasteiger partial charge in [0.1, 0.15) is 0 Å². The minimum absolute atomic E-state index is 0.346. The van der Waals surface area contributed by atoms with Gasteiger partial charge in [-0.15, -0.1) is 0 Å². The molecule has 2 fully saturated rings. The molecule has 2 aromatic rings. The molecule has 4 nitrogen and oxygen atoms in total. The van der Waals surface area contributed by atoms with E-state index < -0.39 is 0 Å². The van der Waals surface area contributed by atoms with E-state index in [2.05, 4.69) is 46.3 Å². The molecule has 4 rings (SSSR count). The molecular weight excluding hydrogens is 288 g/mol. The number of hydrogen-bond acceptors (Lipinski definition) is 4. The van der Waals surface area contributed by atoms with Crippen LogP contribution >= 0.6 is 0 Å². The molecule has 0 amide bonds. The van der Waals surface area contributed by atoms with Crippen LogP contribution in [0.1, 0.15) is 18.4 Å². The third-order valence-electron chi connectivity index (χ3n) is 4.66. The average Bonchev–Trinajstić information content (AvgIpc) is 3.03. The summed E-state index contributed by atoms with van der Waals surface area (Å²) in [4.78, 5) is 6.54. The van der Waals surface area contributed by atoms with Crippen LogP contribution in [0.5, 0.6) is 0 Å². The number of benzene rings is 1. The fourth-order valence-electron chi connectivity index (χ4n) is 3.59. The zero-order chi connectivity index (χ0) is 15.5. The normalized spacial score (nSPS) is 20.9. The average molecular weight is 310 g/mol. The molecule has 0 atom stereocenters. The molecule has 23 heavy (non-hydrogen) atoms. The summed E-state index contributed by atoms with van der Waals surface area (Å²) in [5.74, 6) is -0.346. The number of likely N-dealkylation sites (tertiary alicyclic amines) is 1. The van der Waals surface area contributed by atoms with Gasteiger partial charge in [0.15, 0.2) is 5.79 Å². The van der Waals surface area contributed by atoms with Crippen molar-refractivity contribution < 1.29 is 9.47 Å². The Bertz CT molecular complexity index is 653. The highest BCUT2D eigenvalue weighted by Gasteiger charge is 2.40. The van der Waals surface area contributed by atoms with Crippen molar-refractivity contribution in [1.29, 1.82) is 0 Å². The first kappa shape index (κ1) is 14.8. The third-order valence-corrected chi connectivity index (χ3v) is 4.66. The van der Waals surface area contributed by atoms with Gasteiger partial charge in [0, 0.05) is 25.4 Å². The monoisotopic (exact) mass is 310 g/mol. The number of nitrogens with zero attached hydrogens (tertiary/aromatic N) is 2. The maximum absolute atomic E-state index is 5.87. The Morgan fingerprint density at radius 2 is 1.87 bits per heavy atom. The van der Waals surface area contributed by atoms with Crippen LogP contribution in [0.15, 0.2) is 48.8 Å². The second kappa shape index (κ2) is 6.40. The van der Waals surface area contributed by atoms with Crippen LogP contribution in [0.4, 0.5) is 0 Å². The third kappa shape index (κ3) is 3.29. The van der Waals surface area contributed by atoms with Gasteiger partial charge in [-0.1, -0.05) is 18.2 Å². The molecule has 0 N–H and O–H groups in total. The van der Waals surface area contributed by atoms with Crippen LogP contribution in [0.2, 0.25) is 0 Å². The minimum atomic E-state index is -0.346. The number of piperidine rings is 1. The summed E-state index contributed by atoms with van der Waals surface area (Å²) in [6, 6.07) is 12.9. The van der Waals surface area contributed by atoms with E-state index in [0.717, 1.165) is 45.7 Å². The lowest BCUT2D eigenvalue weighted by molar-refractivity contribution is -0.190. The predicted molar refractivity (Wildman–Crippen MR) is 88.8 cm³/mol. The second-order valence-corrected chi connectivity index (χ2v) is 6.36. The Labute approximate surface area is 137 Å². The number of pyridine rings is 1. The topological polar surface area (TPSA) is 34.6 Å². The Balaban J connectivity index is 1.48. The van der Waals surface area contributed by atoms with Gasteiger partial charge in [-0.05, 0) is 47.9 Å². The Hall–Kier alpha value is -1.75. The summed E-state index contributed by atoms with van der Waals surface area (Å²) in [6.45, 7) is 4.37. The van der Waals surface area contributed by atoms with Crippen molar-refractivity contribution in [3.05, 3.63) is 54.4 Å². The molecule has 2 aliphatic rings. The molecule has 0 aliphatic carbocycles. The van der Waals surface area contributed by atoms with Gasteiger partial charge in [0.2, 0.25) is 0 Å². The van der Waals surface area contributed by atoms with Crippen molar-refractivity contribution in [2.75, 3.05) is 26.3 Å². The minimum Gasteiger partial charge on any atom is -0.346 e. The molecule has 1 spiro atoms. The summed E-state index contributed by atoms with van der Waals surface area (Å²) >= 11 is 0. The van der Waals surface area contributed by atoms with Crippen molar-refractivity contribution in [2.45, 2.75) is 25.2 Å². The fourth-order valence-corrected chi connectivity index (χ4v) is 3.59. The summed E-state index contributed by atoms with van der Waals surface area (Å²) in [7, 11) is 0. The Morgan fingerprint density at radius 1 is 1.04 bits per heavy atom. The highest BCUT2D eigenvalue weighted by molar-refractivity contribution is 5.63. The number of hydrogen-bond donors (Lipinski definition) is 0. The van der Waals surface area contributed by atoms with Crippen LogP contribution in [0.3, 0.4) is 0 Å². The molecule has 120 valence electrons. The Kier molecular flexibility index (Phi) is 4.12. The zero-order valence-electron chi connectivity index (χ0n) is 13.3. The first-order chi connectivity index (χ1) is 11.3. The van der Waals surface area contributed by atoms with Gasteiger partial charge in [-0.25, -0.2) is 0 Å². The van der Waals surface area contributed by atoms with Crippen molar-refractivity contribution in [1.82, 2.24) is 9.88 Å². The first-order valence-corrected chi connectivity index (χ1v) is 8.33. The van der Waals surface area contributed by atoms with Gasteiger partial charge >= 0.3 is 0 Å². The molecule has 4 heteroatoms. The summed E-state index contributed by atoms with van der Waals surface area (Å²) in [5.41, 5.74) is 3.78. The van der Waals surface area contributed by atoms with Crippen LogP contribution in [-0.2, 0) is 16.0 Å². The van der Waals surface area contributed by atoms with Crippen LogP contribution in [0.25, 0.3) is 11.1 Å². The van der Waals surface area contributed by atoms with Crippen molar-refractivity contribution in [3.8, 4) is 11.1 Å². The number of ether oxygens (including phenoxy) is 2. The lowest BCUT2D eigenvalue weighted by atomic mass is 10.0. The van der Waals surface area contributed by atoms with E-state index in [1.807, 2.05) is 12.4 Å². The predicted octanol–water partition coefficient (Wildman–Crippen LogP) is 3.09. The van der Waals surface area contributed by atoms with Gasteiger partial charge in [0.25, 0.3) is 0 Å². The van der Waals surface area contributed by atoms with Crippen LogP contribution in [0, 0.1) is 0 Å². The SMILES string of the molecule is c1cc(CN2CCCC3(C2)OCCO3)cc(-c2ccncc2)c1. The van der Waals surface area contributed by atoms with E-state index >= 15 is 0 Å². The zero-order valence-corrected chi connectivity index (χ0v) is 13.3. The maximum atomic E-state index is 5.87. The van der Waals surface area contributed by atoms with Gasteiger partial charge in [-0.3, -0.25) is 9.88 Å². The molecule has 0 unspecified atom stereocenters. The molecule has 0 saturated carbocycles. The lowest BCUT2D eigenvalue weighted by Gasteiger charge is -2.38. The van der Waals surface area contributed by atoms with Crippen LogP contribution < -0.4 is 0 Å². The number of rotatable bonds is 3. The number of aromatic nitrogens is 1. The quantitative estimate of drug-likeness (QED) is 0.872. The molecule has 0 bridgehead atoms. The van der Waals surface area contributed by atoms with E-state index in [4.69, 9.17) is 9.47 Å². The van der Waals surface area contributed by atoms with E-state index in [1.165, 1.54) is 16.7 Å². The van der Waals surface area contributed by atoms with Crippen LogP contribution in [-0.4, -0.2) is 42.0 Å². The smallest absolute Gasteiger partial charge is 0.181 e. The standard InChI is InChI=1S/C19H22N2O2/c1-3-16(13-18(4-1)17-5-8-20-9-6-17)14-21-10-2-7-19(15-21)22-11-12-23-19/h1,3-6,8-9,13H,2,7,10-12,14-15H2. The molecule has 1 aromatic carbocycles. The molecule has 1 aromatic heterocycles. The summed E-state index contributed by atoms with van der Waals surface area (Å²) in [6.07, 6.45) is 5.82. The lowest BCUT2D eigenvalue weighted by Crippen LogP contribution is -2.48. The highest BCUT2D eigenvalue weighted by atomic mass is 16.7. The van der Waals surface area contributed by atoms with E-state index in [0.29, 0.717) is 0 Å². The fraction of sp³-hybridized carbons (Fsp3) is 0.421. The second-order valence-electron chi connectivity index (χ2n) is 6.36. The molecule has 2 saturated heterocycles. The first-order valence-electron chi connectivity index (χ1n) is 8.33. The molecular formula is C19H22N2O2. The van der Waals surface area contributed by atoms with E-state index in [-0.39, 0.29) is 5.79 Å². The van der Waals surface area contributed by atoms with Gasteiger partial charge in [-0.2, -0.15) is 0 Å².